The van der Waals surface area contributed by atoms with Gasteiger partial charge in [0.15, 0.2) is 0 Å². The van der Waals surface area contributed by atoms with Gasteiger partial charge in [0.05, 0.1) is 21.7 Å². The summed E-state index contributed by atoms with van der Waals surface area (Å²) >= 11 is 2.96. The summed E-state index contributed by atoms with van der Waals surface area (Å²) in [6.07, 6.45) is 10.1. The van der Waals surface area contributed by atoms with Crippen LogP contribution in [0.2, 0.25) is 0 Å². The van der Waals surface area contributed by atoms with E-state index in [1.165, 1.54) is 29.1 Å². The molecular formula is C23H34O5S2. The Balaban J connectivity index is 1.63. The minimum atomic E-state index is -0.824. The van der Waals surface area contributed by atoms with E-state index in [0.29, 0.717) is 17.8 Å². The van der Waals surface area contributed by atoms with Gasteiger partial charge in [-0.2, -0.15) is 0 Å². The fourth-order valence-corrected chi connectivity index (χ4v) is 10.6. The third-order valence-corrected chi connectivity index (χ3v) is 12.7. The van der Waals surface area contributed by atoms with Crippen molar-refractivity contribution in [2.45, 2.75) is 75.4 Å². The largest absolute Gasteiger partial charge is 0.481 e. The molecule has 0 unspecified atom stereocenters. The third kappa shape index (κ3) is 3.53. The Morgan fingerprint density at radius 2 is 1.63 bits per heavy atom. The molecule has 5 nitrogen and oxygen atoms in total. The number of aliphatic hydroxyl groups excluding tert-OH is 1. The number of rotatable bonds is 6. The highest BCUT2D eigenvalue weighted by molar-refractivity contribution is 8.18. The second-order valence-corrected chi connectivity index (χ2v) is 13.1. The molecule has 0 spiro atoms. The van der Waals surface area contributed by atoms with Crippen LogP contribution in [0, 0.1) is 28.6 Å². The topological polar surface area (TPSA) is 94.8 Å². The number of carboxylic acids is 2. The summed E-state index contributed by atoms with van der Waals surface area (Å²) in [5.74, 6) is 0.105. The van der Waals surface area contributed by atoms with E-state index in [4.69, 9.17) is 0 Å². The highest BCUT2D eigenvalue weighted by Crippen LogP contribution is 2.72. The van der Waals surface area contributed by atoms with E-state index in [1.807, 2.05) is 0 Å². The normalized spacial score (nSPS) is 41.9. The van der Waals surface area contributed by atoms with E-state index >= 15 is 0 Å². The van der Waals surface area contributed by atoms with Crippen molar-refractivity contribution in [2.24, 2.45) is 28.6 Å². The molecule has 0 heterocycles. The molecule has 4 aliphatic carbocycles. The first-order valence-electron chi connectivity index (χ1n) is 11.2. The van der Waals surface area contributed by atoms with Gasteiger partial charge >= 0.3 is 11.9 Å². The molecule has 3 N–H and O–H groups in total. The molecule has 168 valence electrons. The number of aliphatic carboxylic acids is 2. The van der Waals surface area contributed by atoms with Crippen LogP contribution in [0.4, 0.5) is 0 Å². The minimum Gasteiger partial charge on any atom is -0.481 e. The number of aliphatic hydroxyl groups is 1. The zero-order valence-electron chi connectivity index (χ0n) is 17.9. The molecule has 0 bridgehead atoms. The number of carboxylic acid groups (broad SMARTS) is 2. The van der Waals surface area contributed by atoms with Gasteiger partial charge in [-0.3, -0.25) is 9.59 Å². The second-order valence-electron chi connectivity index (χ2n) is 10.3. The molecule has 0 amide bonds. The molecule has 0 aromatic rings. The van der Waals surface area contributed by atoms with Crippen LogP contribution in [0.1, 0.15) is 65.2 Å². The van der Waals surface area contributed by atoms with Gasteiger partial charge in [-0.15, -0.1) is 23.5 Å². The van der Waals surface area contributed by atoms with Crippen molar-refractivity contribution < 1.29 is 24.9 Å². The van der Waals surface area contributed by atoms with Crippen LogP contribution in [0.5, 0.6) is 0 Å². The van der Waals surface area contributed by atoms with Gasteiger partial charge in [-0.25, -0.2) is 0 Å². The van der Waals surface area contributed by atoms with Gasteiger partial charge < -0.3 is 15.3 Å². The van der Waals surface area contributed by atoms with Gasteiger partial charge in [0.25, 0.3) is 0 Å². The summed E-state index contributed by atoms with van der Waals surface area (Å²) in [7, 11) is 0. The van der Waals surface area contributed by atoms with E-state index in [9.17, 15) is 24.9 Å². The van der Waals surface area contributed by atoms with Gasteiger partial charge in [0.1, 0.15) is 0 Å². The number of fused-ring (bicyclic) bond motifs is 5. The number of carbonyl (C=O) groups is 2. The lowest BCUT2D eigenvalue weighted by atomic mass is 9.48. The number of allylic oxidation sites excluding steroid dienone is 1. The Labute approximate surface area is 187 Å². The first-order valence-corrected chi connectivity index (χ1v) is 13.2. The fraction of sp³-hybridized carbons (Fsp3) is 0.826. The third-order valence-electron chi connectivity index (χ3n) is 8.98. The zero-order chi connectivity index (χ0) is 21.7. The van der Waals surface area contributed by atoms with Crippen molar-refractivity contribution in [3.05, 3.63) is 11.6 Å². The molecule has 7 heteroatoms. The summed E-state index contributed by atoms with van der Waals surface area (Å²) in [5.41, 5.74) is 1.58. The standard InChI is InChI=1S/C23H34O5S2/c1-21-8-5-15(24)11-14(21)3-4-16-17(21)6-9-22(2)18(16)7-10-23(22,29-12-19(25)26)30-13-20(27)28/h3,15-18,24H,4-13H2,1-2H3,(H,25,26)(H,27,28)/t15-,16+,17-,18-,21-,22-/m0/s1. The van der Waals surface area contributed by atoms with Gasteiger partial charge in [-0.1, -0.05) is 25.5 Å². The van der Waals surface area contributed by atoms with Crippen molar-refractivity contribution in [3.8, 4) is 0 Å². The van der Waals surface area contributed by atoms with Gasteiger partial charge in [0, 0.05) is 0 Å². The van der Waals surface area contributed by atoms with Crippen molar-refractivity contribution >= 4 is 35.5 Å². The highest BCUT2D eigenvalue weighted by atomic mass is 32.2. The predicted molar refractivity (Wildman–Crippen MR) is 121 cm³/mol. The van der Waals surface area contributed by atoms with E-state index in [1.54, 1.807) is 0 Å². The molecule has 4 aliphatic rings. The summed E-state index contributed by atoms with van der Waals surface area (Å²) in [6.45, 7) is 4.72. The number of hydrogen-bond acceptors (Lipinski definition) is 5. The van der Waals surface area contributed by atoms with Crippen molar-refractivity contribution in [1.82, 2.24) is 0 Å². The fourth-order valence-electron chi connectivity index (χ4n) is 7.47. The molecule has 0 aliphatic heterocycles. The molecular weight excluding hydrogens is 420 g/mol. The molecule has 4 rings (SSSR count). The molecule has 3 saturated carbocycles. The molecule has 0 radical (unpaired) electrons. The molecule has 0 saturated heterocycles. The Hall–Kier alpha value is -0.660. The van der Waals surface area contributed by atoms with Crippen LogP contribution in [-0.4, -0.2) is 48.9 Å². The van der Waals surface area contributed by atoms with Gasteiger partial charge in [-0.05, 0) is 80.0 Å². The van der Waals surface area contributed by atoms with E-state index < -0.39 is 11.9 Å². The van der Waals surface area contributed by atoms with Crippen LogP contribution in [0.3, 0.4) is 0 Å². The van der Waals surface area contributed by atoms with Crippen LogP contribution < -0.4 is 0 Å². The molecule has 0 aromatic carbocycles. The SMILES string of the molecule is C[C@]12CC[C@H](O)CC1=CC[C@@H]1[C@@H]2CC[C@@]2(C)[C@H]1CCC2(SCC(=O)O)SCC(=O)O. The van der Waals surface area contributed by atoms with Crippen LogP contribution in [0.15, 0.2) is 11.6 Å². The van der Waals surface area contributed by atoms with Crippen LogP contribution >= 0.6 is 23.5 Å². The van der Waals surface area contributed by atoms with E-state index in [-0.39, 0.29) is 32.5 Å². The Kier molecular flexibility index (Phi) is 6.04. The lowest BCUT2D eigenvalue weighted by Gasteiger charge is -2.59. The first kappa shape index (κ1) is 22.5. The lowest BCUT2D eigenvalue weighted by Crippen LogP contribution is -2.53. The molecule has 30 heavy (non-hydrogen) atoms. The van der Waals surface area contributed by atoms with E-state index in [2.05, 4.69) is 19.9 Å². The van der Waals surface area contributed by atoms with Crippen molar-refractivity contribution in [3.63, 3.8) is 0 Å². The number of hydrogen-bond donors (Lipinski definition) is 3. The summed E-state index contributed by atoms with van der Waals surface area (Å²) in [6, 6.07) is 0. The zero-order valence-corrected chi connectivity index (χ0v) is 19.6. The highest BCUT2D eigenvalue weighted by Gasteiger charge is 2.64. The average Bonchev–Trinajstić information content (AvgIpc) is 2.98. The quantitative estimate of drug-likeness (QED) is 0.397. The van der Waals surface area contributed by atoms with Crippen LogP contribution in [-0.2, 0) is 9.59 Å². The van der Waals surface area contributed by atoms with Crippen LogP contribution in [0.25, 0.3) is 0 Å². The molecule has 0 aromatic heterocycles. The Bertz CT molecular complexity index is 734. The maximum Gasteiger partial charge on any atom is 0.313 e. The number of thioether (sulfide) groups is 2. The van der Waals surface area contributed by atoms with E-state index in [0.717, 1.165) is 51.4 Å². The lowest BCUT2D eigenvalue weighted by molar-refractivity contribution is -0.134. The predicted octanol–water partition coefficient (Wildman–Crippen LogP) is 4.64. The first-order chi connectivity index (χ1) is 14.1. The Morgan fingerprint density at radius 3 is 2.27 bits per heavy atom. The monoisotopic (exact) mass is 454 g/mol. The maximum absolute atomic E-state index is 11.4. The summed E-state index contributed by atoms with van der Waals surface area (Å²) in [5, 5.41) is 28.9. The average molecular weight is 455 g/mol. The smallest absolute Gasteiger partial charge is 0.313 e. The summed E-state index contributed by atoms with van der Waals surface area (Å²) < 4.78 is -0.340. The second kappa shape index (κ2) is 8.04. The summed E-state index contributed by atoms with van der Waals surface area (Å²) in [4.78, 5) is 22.8. The van der Waals surface area contributed by atoms with Gasteiger partial charge in [0.2, 0.25) is 0 Å². The van der Waals surface area contributed by atoms with Crippen molar-refractivity contribution in [1.29, 1.82) is 0 Å². The van der Waals surface area contributed by atoms with Crippen molar-refractivity contribution in [2.75, 3.05) is 11.5 Å². The minimum absolute atomic E-state index is 0.0304. The molecule has 3 fully saturated rings. The maximum atomic E-state index is 11.4. The molecule has 6 atom stereocenters. The Morgan fingerprint density at radius 1 is 1.00 bits per heavy atom.